The van der Waals surface area contributed by atoms with Crippen LogP contribution >= 0.6 is 0 Å². The average molecular weight is 266 g/mol. The first kappa shape index (κ1) is 13.7. The average Bonchev–Trinajstić information content (AvgIpc) is 2.28. The normalized spacial score (nSPS) is 12.1. The molecule has 1 aromatic rings. The molecule has 0 aliphatic heterocycles. The highest BCUT2D eigenvalue weighted by Gasteiger charge is 2.23. The number of sulfonamides is 1. The van der Waals surface area contributed by atoms with Crippen molar-refractivity contribution >= 4 is 15.8 Å². The molecule has 0 aromatic carbocycles. The molecule has 0 fully saturated rings. The van der Waals surface area contributed by atoms with Gasteiger partial charge in [0.05, 0.1) is 11.4 Å². The van der Waals surface area contributed by atoms with Gasteiger partial charge < -0.3 is 5.43 Å². The SMILES string of the molecule is CN(CC(F)F)S(=O)(=O)c1ccnc(NN)c1. The highest BCUT2D eigenvalue weighted by Crippen LogP contribution is 2.17. The lowest BCUT2D eigenvalue weighted by molar-refractivity contribution is 0.126. The van der Waals surface area contributed by atoms with E-state index < -0.39 is 23.0 Å². The zero-order valence-electron chi connectivity index (χ0n) is 8.97. The Labute approximate surface area is 97.5 Å². The van der Waals surface area contributed by atoms with Gasteiger partial charge in [-0.1, -0.05) is 0 Å². The van der Waals surface area contributed by atoms with Crippen LogP contribution in [-0.2, 0) is 10.0 Å². The summed E-state index contributed by atoms with van der Waals surface area (Å²) in [6, 6.07) is 2.37. The highest BCUT2D eigenvalue weighted by molar-refractivity contribution is 7.89. The van der Waals surface area contributed by atoms with E-state index in [2.05, 4.69) is 10.4 Å². The van der Waals surface area contributed by atoms with Gasteiger partial charge in [-0.15, -0.1) is 0 Å². The van der Waals surface area contributed by atoms with Crippen molar-refractivity contribution in [3.63, 3.8) is 0 Å². The molecule has 0 amide bonds. The van der Waals surface area contributed by atoms with Crippen LogP contribution in [0.3, 0.4) is 0 Å². The lowest BCUT2D eigenvalue weighted by Crippen LogP contribution is -2.31. The molecule has 1 heterocycles. The number of nitrogens with two attached hydrogens (primary N) is 1. The summed E-state index contributed by atoms with van der Waals surface area (Å²) in [6.45, 7) is -0.865. The first-order chi connectivity index (χ1) is 7.87. The van der Waals surface area contributed by atoms with Crippen molar-refractivity contribution in [2.45, 2.75) is 11.3 Å². The van der Waals surface area contributed by atoms with Gasteiger partial charge in [0.25, 0.3) is 6.43 Å². The van der Waals surface area contributed by atoms with E-state index in [1.807, 2.05) is 0 Å². The Bertz CT molecular complexity index is 480. The van der Waals surface area contributed by atoms with E-state index in [4.69, 9.17) is 5.84 Å². The molecule has 1 aromatic heterocycles. The molecule has 0 saturated carbocycles. The predicted octanol–water partition coefficient (Wildman–Crippen LogP) is 0.253. The smallest absolute Gasteiger partial charge is 0.252 e. The molecule has 1 rings (SSSR count). The van der Waals surface area contributed by atoms with Gasteiger partial charge in [0.2, 0.25) is 10.0 Å². The molecule has 6 nitrogen and oxygen atoms in total. The van der Waals surface area contributed by atoms with E-state index >= 15 is 0 Å². The maximum absolute atomic E-state index is 12.1. The van der Waals surface area contributed by atoms with Crippen LogP contribution in [0.2, 0.25) is 0 Å². The van der Waals surface area contributed by atoms with Crippen LogP contribution < -0.4 is 11.3 Å². The fraction of sp³-hybridized carbons (Fsp3) is 0.375. The summed E-state index contributed by atoms with van der Waals surface area (Å²) < 4.78 is 48.5. The van der Waals surface area contributed by atoms with Gasteiger partial charge in [-0.2, -0.15) is 4.31 Å². The maximum atomic E-state index is 12.1. The minimum Gasteiger partial charge on any atom is -0.308 e. The van der Waals surface area contributed by atoms with Crippen LogP contribution in [0.15, 0.2) is 23.2 Å². The molecule has 0 unspecified atom stereocenters. The Morgan fingerprint density at radius 2 is 2.24 bits per heavy atom. The molecule has 0 atom stereocenters. The second kappa shape index (κ2) is 5.34. The third-order valence-electron chi connectivity index (χ3n) is 1.98. The molecule has 96 valence electrons. The minimum absolute atomic E-state index is 0.136. The van der Waals surface area contributed by atoms with Crippen LogP contribution in [0.1, 0.15) is 0 Å². The topological polar surface area (TPSA) is 88.3 Å². The number of pyridine rings is 1. The summed E-state index contributed by atoms with van der Waals surface area (Å²) in [4.78, 5) is 3.57. The fourth-order valence-corrected chi connectivity index (χ4v) is 2.29. The molecular weight excluding hydrogens is 254 g/mol. The second-order valence-electron chi connectivity index (χ2n) is 3.20. The molecule has 0 saturated heterocycles. The van der Waals surface area contributed by atoms with Crippen molar-refractivity contribution < 1.29 is 17.2 Å². The zero-order chi connectivity index (χ0) is 13.1. The number of halogens is 2. The monoisotopic (exact) mass is 266 g/mol. The molecule has 0 aliphatic carbocycles. The number of nitrogens with one attached hydrogen (secondary N) is 1. The fourth-order valence-electron chi connectivity index (χ4n) is 1.12. The van der Waals surface area contributed by atoms with Crippen LogP contribution in [0.5, 0.6) is 0 Å². The Kier molecular flexibility index (Phi) is 4.32. The van der Waals surface area contributed by atoms with E-state index in [0.29, 0.717) is 4.31 Å². The number of hydrazine groups is 1. The van der Waals surface area contributed by atoms with Crippen LogP contribution in [0.4, 0.5) is 14.6 Å². The first-order valence-electron chi connectivity index (χ1n) is 4.55. The number of nitrogen functional groups attached to an aromatic ring is 1. The number of hydrogen-bond acceptors (Lipinski definition) is 5. The standard InChI is InChI=1S/C8H12F2N4O2S/c1-14(5-7(9)10)17(15,16)6-2-3-12-8(4-6)13-11/h2-4,7H,5,11H2,1H3,(H,12,13). The van der Waals surface area contributed by atoms with Gasteiger partial charge in [-0.3, -0.25) is 0 Å². The summed E-state index contributed by atoms with van der Waals surface area (Å²) in [5.74, 6) is 5.21. The summed E-state index contributed by atoms with van der Waals surface area (Å²) >= 11 is 0. The van der Waals surface area contributed by atoms with Crippen molar-refractivity contribution in [2.24, 2.45) is 5.84 Å². The van der Waals surface area contributed by atoms with Crippen molar-refractivity contribution in [1.82, 2.24) is 9.29 Å². The quantitative estimate of drug-likeness (QED) is 0.589. The third-order valence-corrected chi connectivity index (χ3v) is 3.80. The molecule has 17 heavy (non-hydrogen) atoms. The highest BCUT2D eigenvalue weighted by atomic mass is 32.2. The van der Waals surface area contributed by atoms with E-state index in [-0.39, 0.29) is 10.7 Å². The minimum atomic E-state index is -3.95. The van der Waals surface area contributed by atoms with Gasteiger partial charge >= 0.3 is 0 Å². The molecule has 0 spiro atoms. The summed E-state index contributed by atoms with van der Waals surface area (Å²) in [7, 11) is -2.87. The Morgan fingerprint density at radius 3 is 2.76 bits per heavy atom. The Balaban J connectivity index is 3.04. The number of hydrogen-bond donors (Lipinski definition) is 2. The van der Waals surface area contributed by atoms with Crippen LogP contribution in [0.25, 0.3) is 0 Å². The number of aromatic nitrogens is 1. The van der Waals surface area contributed by atoms with Crippen molar-refractivity contribution in [1.29, 1.82) is 0 Å². The lowest BCUT2D eigenvalue weighted by Gasteiger charge is -2.16. The predicted molar refractivity (Wildman–Crippen MR) is 57.9 cm³/mol. The van der Waals surface area contributed by atoms with Crippen LogP contribution in [-0.4, -0.2) is 37.7 Å². The largest absolute Gasteiger partial charge is 0.308 e. The van der Waals surface area contributed by atoms with Crippen LogP contribution in [0, 0.1) is 0 Å². The van der Waals surface area contributed by atoms with E-state index in [0.717, 1.165) is 13.1 Å². The van der Waals surface area contributed by atoms with E-state index in [1.165, 1.54) is 12.3 Å². The molecule has 0 radical (unpaired) electrons. The number of anilines is 1. The number of alkyl halides is 2. The Morgan fingerprint density at radius 1 is 1.59 bits per heavy atom. The second-order valence-corrected chi connectivity index (χ2v) is 5.24. The maximum Gasteiger partial charge on any atom is 0.252 e. The van der Waals surface area contributed by atoms with Crippen molar-refractivity contribution in [3.8, 4) is 0 Å². The molecule has 3 N–H and O–H groups in total. The van der Waals surface area contributed by atoms with Crippen molar-refractivity contribution in [2.75, 3.05) is 19.0 Å². The van der Waals surface area contributed by atoms with Gasteiger partial charge in [0.1, 0.15) is 5.82 Å². The number of rotatable bonds is 5. The number of nitrogens with zero attached hydrogens (tertiary/aromatic N) is 2. The first-order valence-corrected chi connectivity index (χ1v) is 5.99. The Hall–Kier alpha value is -1.32. The van der Waals surface area contributed by atoms with E-state index in [1.54, 1.807) is 0 Å². The summed E-state index contributed by atoms with van der Waals surface area (Å²) in [5, 5.41) is 0. The van der Waals surface area contributed by atoms with Gasteiger partial charge in [0, 0.05) is 19.3 Å². The van der Waals surface area contributed by atoms with Crippen molar-refractivity contribution in [3.05, 3.63) is 18.3 Å². The zero-order valence-corrected chi connectivity index (χ0v) is 9.79. The van der Waals surface area contributed by atoms with E-state index in [9.17, 15) is 17.2 Å². The molecular formula is C8H12F2N4O2S. The molecule has 0 aliphatic rings. The third kappa shape index (κ3) is 3.32. The lowest BCUT2D eigenvalue weighted by atomic mass is 10.5. The van der Waals surface area contributed by atoms with Gasteiger partial charge in [-0.25, -0.2) is 28.0 Å². The van der Waals surface area contributed by atoms with Gasteiger partial charge in [0.15, 0.2) is 0 Å². The summed E-state index contributed by atoms with van der Waals surface area (Å²) in [6.07, 6.45) is -1.51. The molecule has 0 bridgehead atoms. The molecule has 9 heteroatoms. The summed E-state index contributed by atoms with van der Waals surface area (Å²) in [5.41, 5.74) is 2.18. The van der Waals surface area contributed by atoms with Gasteiger partial charge in [-0.05, 0) is 6.07 Å².